The van der Waals surface area contributed by atoms with E-state index < -0.39 is 0 Å². The summed E-state index contributed by atoms with van der Waals surface area (Å²) in [5, 5.41) is 2.18. The molecule has 3 rings (SSSR count). The summed E-state index contributed by atoms with van der Waals surface area (Å²) in [4.78, 5) is 5.79. The number of nitrogens with two attached hydrogens (primary N) is 1. The Morgan fingerprint density at radius 1 is 1.35 bits per heavy atom. The number of rotatable bonds is 1. The largest absolute Gasteiger partial charge is 0.327 e. The minimum atomic E-state index is 0.307. The molecule has 0 aromatic carbocycles. The molecule has 17 heavy (non-hydrogen) atoms. The molecular weight excluding hydrogens is 230 g/mol. The summed E-state index contributed by atoms with van der Waals surface area (Å²) in [7, 11) is 0. The van der Waals surface area contributed by atoms with Gasteiger partial charge in [0.15, 0.2) is 4.96 Å². The summed E-state index contributed by atoms with van der Waals surface area (Å²) in [6.07, 6.45) is 4.95. The molecular formula is C13H19N3S. The molecule has 0 aliphatic heterocycles. The second-order valence-electron chi connectivity index (χ2n) is 5.13. The van der Waals surface area contributed by atoms with Crippen molar-refractivity contribution in [3.05, 3.63) is 22.5 Å². The summed E-state index contributed by atoms with van der Waals surface area (Å²) >= 11 is 1.73. The van der Waals surface area contributed by atoms with Gasteiger partial charge >= 0.3 is 0 Å². The first-order valence-corrected chi connectivity index (χ1v) is 7.25. The van der Waals surface area contributed by atoms with Gasteiger partial charge in [-0.05, 0) is 26.7 Å². The molecule has 0 bridgehead atoms. The average molecular weight is 249 g/mol. The van der Waals surface area contributed by atoms with E-state index in [1.54, 1.807) is 11.3 Å². The van der Waals surface area contributed by atoms with Crippen LogP contribution in [0.1, 0.15) is 48.7 Å². The van der Waals surface area contributed by atoms with Gasteiger partial charge in [0.05, 0.1) is 11.4 Å². The molecule has 3 nitrogen and oxygen atoms in total. The van der Waals surface area contributed by atoms with Crippen LogP contribution in [-0.2, 0) is 0 Å². The van der Waals surface area contributed by atoms with Crippen LogP contribution in [0.25, 0.3) is 4.96 Å². The normalized spacial score (nSPS) is 25.6. The Balaban J connectivity index is 2.14. The van der Waals surface area contributed by atoms with Crippen molar-refractivity contribution in [1.82, 2.24) is 9.38 Å². The number of aryl methyl sites for hydroxylation is 2. The van der Waals surface area contributed by atoms with Crippen molar-refractivity contribution in [3.63, 3.8) is 0 Å². The van der Waals surface area contributed by atoms with Gasteiger partial charge < -0.3 is 5.73 Å². The molecule has 2 N–H and O–H groups in total. The van der Waals surface area contributed by atoms with Crippen molar-refractivity contribution in [3.8, 4) is 0 Å². The fraction of sp³-hybridized carbons (Fsp3) is 0.615. The molecule has 2 atom stereocenters. The number of fused-ring (bicyclic) bond motifs is 1. The van der Waals surface area contributed by atoms with E-state index in [1.165, 1.54) is 36.3 Å². The van der Waals surface area contributed by atoms with Gasteiger partial charge in [-0.1, -0.05) is 12.8 Å². The Kier molecular flexibility index (Phi) is 2.71. The van der Waals surface area contributed by atoms with E-state index in [2.05, 4.69) is 28.6 Å². The van der Waals surface area contributed by atoms with Crippen LogP contribution in [0.3, 0.4) is 0 Å². The highest BCUT2D eigenvalue weighted by molar-refractivity contribution is 7.15. The number of aromatic nitrogens is 2. The van der Waals surface area contributed by atoms with Crippen LogP contribution in [0.15, 0.2) is 5.38 Å². The summed E-state index contributed by atoms with van der Waals surface area (Å²) < 4.78 is 2.32. The molecule has 2 aromatic heterocycles. The van der Waals surface area contributed by atoms with E-state index >= 15 is 0 Å². The minimum Gasteiger partial charge on any atom is -0.327 e. The molecule has 2 heterocycles. The minimum absolute atomic E-state index is 0.307. The van der Waals surface area contributed by atoms with Crippen LogP contribution in [0.4, 0.5) is 0 Å². The zero-order valence-electron chi connectivity index (χ0n) is 10.4. The van der Waals surface area contributed by atoms with Crippen molar-refractivity contribution in [2.45, 2.75) is 51.5 Å². The van der Waals surface area contributed by atoms with Crippen LogP contribution >= 0.6 is 11.3 Å². The lowest BCUT2D eigenvalue weighted by Crippen LogP contribution is -2.32. The molecule has 2 aromatic rings. The van der Waals surface area contributed by atoms with E-state index in [1.807, 2.05) is 0 Å². The standard InChI is InChI=1S/C13H19N3S/c1-8-7-17-13-15-9(2)12(16(8)13)10-5-3-4-6-11(10)14/h7,10-11H,3-6,14H2,1-2H3. The van der Waals surface area contributed by atoms with Gasteiger partial charge in [-0.25, -0.2) is 4.98 Å². The maximum absolute atomic E-state index is 6.31. The van der Waals surface area contributed by atoms with Gasteiger partial charge in [0.2, 0.25) is 0 Å². The van der Waals surface area contributed by atoms with E-state index in [4.69, 9.17) is 5.73 Å². The Morgan fingerprint density at radius 2 is 2.12 bits per heavy atom. The first kappa shape index (κ1) is 11.2. The molecule has 0 spiro atoms. The molecule has 1 aliphatic carbocycles. The SMILES string of the molecule is Cc1nc2scc(C)n2c1C1CCCCC1N. The number of imidazole rings is 1. The number of nitrogens with zero attached hydrogens (tertiary/aromatic N) is 2. The van der Waals surface area contributed by atoms with Crippen LogP contribution in [0, 0.1) is 13.8 Å². The van der Waals surface area contributed by atoms with Crippen molar-refractivity contribution in [2.24, 2.45) is 5.73 Å². The van der Waals surface area contributed by atoms with Gasteiger partial charge in [-0.2, -0.15) is 0 Å². The van der Waals surface area contributed by atoms with Gasteiger partial charge in [0.25, 0.3) is 0 Å². The number of hydrogen-bond donors (Lipinski definition) is 1. The second kappa shape index (κ2) is 4.10. The monoisotopic (exact) mass is 249 g/mol. The quantitative estimate of drug-likeness (QED) is 0.844. The van der Waals surface area contributed by atoms with Gasteiger partial charge in [-0.15, -0.1) is 11.3 Å². The molecule has 0 amide bonds. The van der Waals surface area contributed by atoms with Crippen LogP contribution in [0.5, 0.6) is 0 Å². The van der Waals surface area contributed by atoms with Gasteiger partial charge in [0, 0.05) is 23.0 Å². The topological polar surface area (TPSA) is 43.3 Å². The fourth-order valence-corrected chi connectivity index (χ4v) is 3.98. The van der Waals surface area contributed by atoms with Crippen molar-refractivity contribution >= 4 is 16.3 Å². The zero-order chi connectivity index (χ0) is 12.0. The van der Waals surface area contributed by atoms with Gasteiger partial charge in [0.1, 0.15) is 0 Å². The van der Waals surface area contributed by atoms with E-state index in [-0.39, 0.29) is 0 Å². The van der Waals surface area contributed by atoms with Crippen molar-refractivity contribution in [2.75, 3.05) is 0 Å². The number of hydrogen-bond acceptors (Lipinski definition) is 3. The molecule has 1 aliphatic rings. The van der Waals surface area contributed by atoms with Gasteiger partial charge in [-0.3, -0.25) is 4.40 Å². The summed E-state index contributed by atoms with van der Waals surface area (Å²) in [5.41, 5.74) is 10.1. The predicted octanol–water partition coefficient (Wildman–Crippen LogP) is 3.00. The van der Waals surface area contributed by atoms with Crippen LogP contribution in [-0.4, -0.2) is 15.4 Å². The second-order valence-corrected chi connectivity index (χ2v) is 5.97. The molecule has 1 saturated carbocycles. The first-order chi connectivity index (χ1) is 8.18. The lowest BCUT2D eigenvalue weighted by atomic mass is 9.82. The Hall–Kier alpha value is -0.870. The lowest BCUT2D eigenvalue weighted by Gasteiger charge is -2.28. The summed E-state index contributed by atoms with van der Waals surface area (Å²) in [6.45, 7) is 4.28. The molecule has 2 unspecified atom stereocenters. The maximum atomic E-state index is 6.31. The van der Waals surface area contributed by atoms with Crippen molar-refractivity contribution in [1.29, 1.82) is 0 Å². The third kappa shape index (κ3) is 1.70. The van der Waals surface area contributed by atoms with E-state index in [9.17, 15) is 0 Å². The highest BCUT2D eigenvalue weighted by Gasteiger charge is 2.28. The smallest absolute Gasteiger partial charge is 0.194 e. The Bertz CT molecular complexity index is 540. The third-order valence-electron chi connectivity index (χ3n) is 3.92. The Labute approximate surface area is 106 Å². The van der Waals surface area contributed by atoms with Crippen LogP contribution in [0.2, 0.25) is 0 Å². The summed E-state index contributed by atoms with van der Waals surface area (Å²) in [6, 6.07) is 0.307. The van der Waals surface area contributed by atoms with E-state index in [0.717, 1.165) is 11.4 Å². The van der Waals surface area contributed by atoms with Crippen molar-refractivity contribution < 1.29 is 0 Å². The Morgan fingerprint density at radius 3 is 2.88 bits per heavy atom. The number of thiazole rings is 1. The highest BCUT2D eigenvalue weighted by atomic mass is 32.1. The highest BCUT2D eigenvalue weighted by Crippen LogP contribution is 2.35. The molecule has 0 saturated heterocycles. The predicted molar refractivity (Wildman–Crippen MR) is 71.7 cm³/mol. The average Bonchev–Trinajstić information content (AvgIpc) is 2.80. The third-order valence-corrected chi connectivity index (χ3v) is 4.87. The molecule has 4 heteroatoms. The maximum Gasteiger partial charge on any atom is 0.194 e. The summed E-state index contributed by atoms with van der Waals surface area (Å²) in [5.74, 6) is 0.493. The molecule has 0 radical (unpaired) electrons. The fourth-order valence-electron chi connectivity index (χ4n) is 3.06. The zero-order valence-corrected chi connectivity index (χ0v) is 11.3. The first-order valence-electron chi connectivity index (χ1n) is 6.37. The lowest BCUT2D eigenvalue weighted by molar-refractivity contribution is 0.377. The van der Waals surface area contributed by atoms with E-state index in [0.29, 0.717) is 12.0 Å². The van der Waals surface area contributed by atoms with Crippen LogP contribution < -0.4 is 5.73 Å². The molecule has 92 valence electrons. The molecule has 1 fully saturated rings.